The topological polar surface area (TPSA) is 120 Å². The second-order valence-electron chi connectivity index (χ2n) is 5.44. The quantitative estimate of drug-likeness (QED) is 0.503. The first kappa shape index (κ1) is 15.7. The molecule has 3 rings (SSSR count). The van der Waals surface area contributed by atoms with E-state index in [9.17, 15) is 19.2 Å². The lowest BCUT2D eigenvalue weighted by Gasteiger charge is -2.13. The largest absolute Gasteiger partial charge is 0.422 e. The molecule has 8 nitrogen and oxygen atoms in total. The fourth-order valence-corrected chi connectivity index (χ4v) is 2.64. The first-order valence-electron chi connectivity index (χ1n) is 7.26. The van der Waals surface area contributed by atoms with Crippen LogP contribution in [0, 0.1) is 6.92 Å². The molecule has 2 amide bonds. The summed E-state index contributed by atoms with van der Waals surface area (Å²) in [5.74, 6) is -2.07. The summed E-state index contributed by atoms with van der Waals surface area (Å²) >= 11 is 0. The van der Waals surface area contributed by atoms with Crippen molar-refractivity contribution >= 4 is 34.4 Å². The number of aryl methyl sites for hydroxylation is 1. The molecule has 2 heterocycles. The highest BCUT2D eigenvalue weighted by molar-refractivity contribution is 6.01. The van der Waals surface area contributed by atoms with E-state index in [2.05, 4.69) is 0 Å². The third-order valence-corrected chi connectivity index (χ3v) is 3.86. The maximum atomic E-state index is 12.1. The number of hydrogen-bond acceptors (Lipinski definition) is 7. The first-order valence-corrected chi connectivity index (χ1v) is 7.26. The maximum Gasteiger partial charge on any atom is 0.340 e. The number of nitrogens with two attached hydrogens (primary N) is 1. The number of nitrogen functional groups attached to an aromatic ring is 1. The van der Waals surface area contributed by atoms with E-state index in [1.165, 1.54) is 0 Å². The smallest absolute Gasteiger partial charge is 0.340 e. The van der Waals surface area contributed by atoms with Crippen LogP contribution in [-0.2, 0) is 25.6 Å². The summed E-state index contributed by atoms with van der Waals surface area (Å²) in [5, 5.41) is 0.975. The van der Waals surface area contributed by atoms with Crippen LogP contribution in [0.15, 0.2) is 27.4 Å². The molecule has 8 heteroatoms. The van der Waals surface area contributed by atoms with Crippen LogP contribution in [0.1, 0.15) is 24.0 Å². The SMILES string of the molecule is Cc1c(CC(=O)ON2C(=O)CCC2=O)c(=O)oc2cccc(N)c12. The molecule has 0 saturated carbocycles. The Kier molecular flexibility index (Phi) is 3.80. The number of benzene rings is 1. The van der Waals surface area contributed by atoms with Gasteiger partial charge in [0.05, 0.1) is 12.0 Å². The number of nitrogens with zero attached hydrogens (tertiary/aromatic N) is 1. The summed E-state index contributed by atoms with van der Waals surface area (Å²) in [6.07, 6.45) is -0.435. The molecule has 2 aromatic rings. The highest BCUT2D eigenvalue weighted by Gasteiger charge is 2.33. The summed E-state index contributed by atoms with van der Waals surface area (Å²) < 4.78 is 5.18. The average molecular weight is 330 g/mol. The minimum absolute atomic E-state index is 0.000210. The van der Waals surface area contributed by atoms with Gasteiger partial charge in [-0.3, -0.25) is 9.59 Å². The maximum absolute atomic E-state index is 12.1. The Balaban J connectivity index is 1.91. The Morgan fingerprint density at radius 2 is 1.92 bits per heavy atom. The van der Waals surface area contributed by atoms with E-state index in [0.29, 0.717) is 27.3 Å². The van der Waals surface area contributed by atoms with Crippen LogP contribution in [0.25, 0.3) is 11.0 Å². The van der Waals surface area contributed by atoms with E-state index in [0.717, 1.165) is 0 Å². The first-order chi connectivity index (χ1) is 11.4. The van der Waals surface area contributed by atoms with Gasteiger partial charge in [-0.25, -0.2) is 9.59 Å². The number of carbonyl (C=O) groups excluding carboxylic acids is 3. The van der Waals surface area contributed by atoms with Crippen LogP contribution in [0.4, 0.5) is 5.69 Å². The van der Waals surface area contributed by atoms with Crippen molar-refractivity contribution in [3.63, 3.8) is 0 Å². The van der Waals surface area contributed by atoms with Crippen molar-refractivity contribution in [3.05, 3.63) is 39.7 Å². The molecule has 0 unspecified atom stereocenters. The molecule has 1 fully saturated rings. The van der Waals surface area contributed by atoms with Crippen LogP contribution in [0.3, 0.4) is 0 Å². The molecule has 1 aromatic carbocycles. The normalized spacial score (nSPS) is 14.5. The second-order valence-corrected chi connectivity index (χ2v) is 5.44. The molecule has 1 aromatic heterocycles. The van der Waals surface area contributed by atoms with Gasteiger partial charge in [0, 0.05) is 23.9 Å². The van der Waals surface area contributed by atoms with Crippen molar-refractivity contribution in [1.29, 1.82) is 0 Å². The van der Waals surface area contributed by atoms with Crippen LogP contribution < -0.4 is 11.4 Å². The van der Waals surface area contributed by atoms with E-state index < -0.39 is 29.8 Å². The number of anilines is 1. The Morgan fingerprint density at radius 1 is 1.25 bits per heavy atom. The molecular formula is C16H14N2O6. The Morgan fingerprint density at radius 3 is 2.58 bits per heavy atom. The number of fused-ring (bicyclic) bond motifs is 1. The molecule has 124 valence electrons. The van der Waals surface area contributed by atoms with Gasteiger partial charge in [0.15, 0.2) is 0 Å². The Bertz CT molecular complexity index is 914. The lowest BCUT2D eigenvalue weighted by Crippen LogP contribution is -2.33. The second kappa shape index (κ2) is 5.80. The highest BCUT2D eigenvalue weighted by Crippen LogP contribution is 2.25. The van der Waals surface area contributed by atoms with Gasteiger partial charge in [-0.05, 0) is 24.6 Å². The monoisotopic (exact) mass is 330 g/mol. The highest BCUT2D eigenvalue weighted by atomic mass is 16.7. The van der Waals surface area contributed by atoms with E-state index in [1.807, 2.05) is 0 Å². The van der Waals surface area contributed by atoms with Crippen molar-refractivity contribution in [1.82, 2.24) is 5.06 Å². The lowest BCUT2D eigenvalue weighted by molar-refractivity contribution is -0.197. The number of hydrogen-bond donors (Lipinski definition) is 1. The molecule has 1 aliphatic heterocycles. The van der Waals surface area contributed by atoms with Gasteiger partial charge in [0.1, 0.15) is 5.58 Å². The van der Waals surface area contributed by atoms with Gasteiger partial charge in [-0.1, -0.05) is 6.07 Å². The van der Waals surface area contributed by atoms with Crippen molar-refractivity contribution < 1.29 is 23.6 Å². The van der Waals surface area contributed by atoms with E-state index in [4.69, 9.17) is 15.0 Å². The number of hydroxylamine groups is 2. The Hall–Kier alpha value is -3.16. The summed E-state index contributed by atoms with van der Waals surface area (Å²) in [4.78, 5) is 51.8. The van der Waals surface area contributed by atoms with Gasteiger partial charge >= 0.3 is 11.6 Å². The van der Waals surface area contributed by atoms with E-state index >= 15 is 0 Å². The van der Waals surface area contributed by atoms with Gasteiger partial charge < -0.3 is 15.0 Å². The third-order valence-electron chi connectivity index (χ3n) is 3.86. The van der Waals surface area contributed by atoms with Gasteiger partial charge in [-0.15, -0.1) is 5.06 Å². The number of rotatable bonds is 3. The minimum atomic E-state index is -0.900. The fraction of sp³-hybridized carbons (Fsp3) is 0.250. The molecule has 0 atom stereocenters. The van der Waals surface area contributed by atoms with Crippen LogP contribution in [0.5, 0.6) is 0 Å². The van der Waals surface area contributed by atoms with Gasteiger partial charge in [-0.2, -0.15) is 0 Å². The third kappa shape index (κ3) is 2.62. The molecule has 24 heavy (non-hydrogen) atoms. The van der Waals surface area contributed by atoms with Crippen molar-refractivity contribution in [2.75, 3.05) is 5.73 Å². The minimum Gasteiger partial charge on any atom is -0.422 e. The molecule has 0 aliphatic carbocycles. The fourth-order valence-electron chi connectivity index (χ4n) is 2.64. The summed E-state index contributed by atoms with van der Waals surface area (Å²) in [7, 11) is 0. The molecular weight excluding hydrogens is 316 g/mol. The van der Waals surface area contributed by atoms with Gasteiger partial charge in [0.2, 0.25) is 0 Å². The van der Waals surface area contributed by atoms with Crippen molar-refractivity contribution in [3.8, 4) is 0 Å². The molecule has 1 saturated heterocycles. The molecule has 0 radical (unpaired) electrons. The van der Waals surface area contributed by atoms with Crippen molar-refractivity contribution in [2.24, 2.45) is 0 Å². The number of imide groups is 1. The average Bonchev–Trinajstić information content (AvgIpc) is 2.83. The zero-order valence-corrected chi connectivity index (χ0v) is 12.8. The van der Waals surface area contributed by atoms with Crippen molar-refractivity contribution in [2.45, 2.75) is 26.2 Å². The zero-order chi connectivity index (χ0) is 17.4. The standard InChI is InChI=1S/C16H14N2O6/c1-8-9(7-14(21)24-18-12(19)5-6-13(18)20)16(22)23-11-4-2-3-10(17)15(8)11/h2-4H,5-7,17H2,1H3. The summed E-state index contributed by atoms with van der Waals surface area (Å²) in [6.45, 7) is 1.64. The summed E-state index contributed by atoms with van der Waals surface area (Å²) in [6, 6.07) is 4.90. The summed E-state index contributed by atoms with van der Waals surface area (Å²) in [5.41, 5.74) is 6.51. The zero-order valence-electron chi connectivity index (χ0n) is 12.8. The van der Waals surface area contributed by atoms with E-state index in [1.54, 1.807) is 25.1 Å². The molecule has 0 spiro atoms. The lowest BCUT2D eigenvalue weighted by atomic mass is 10.0. The molecule has 0 bridgehead atoms. The predicted molar refractivity (Wildman–Crippen MR) is 82.5 cm³/mol. The predicted octanol–water partition coefficient (Wildman–Crippen LogP) is 0.833. The number of amides is 2. The Labute approximate surface area is 135 Å². The van der Waals surface area contributed by atoms with Gasteiger partial charge in [0.25, 0.3) is 11.8 Å². The molecule has 1 aliphatic rings. The van der Waals surface area contributed by atoms with Crippen LogP contribution in [0.2, 0.25) is 0 Å². The van der Waals surface area contributed by atoms with E-state index in [-0.39, 0.29) is 18.4 Å². The number of carbonyl (C=O) groups is 3. The molecule has 2 N–H and O–H groups in total. The van der Waals surface area contributed by atoms with Crippen LogP contribution in [-0.4, -0.2) is 22.8 Å². The van der Waals surface area contributed by atoms with Crippen LogP contribution >= 0.6 is 0 Å².